The number of halogens is 1. The summed E-state index contributed by atoms with van der Waals surface area (Å²) in [5.74, 6) is 3.87. The van der Waals surface area contributed by atoms with Crippen LogP contribution in [0.15, 0.2) is 4.47 Å². The first-order valence-corrected chi connectivity index (χ1v) is 7.48. The molecule has 0 radical (unpaired) electrons. The fourth-order valence-electron chi connectivity index (χ4n) is 1.27. The van der Waals surface area contributed by atoms with Crippen LogP contribution in [0.2, 0.25) is 0 Å². The number of nitrogens with one attached hydrogen (secondary N) is 1. The van der Waals surface area contributed by atoms with Gasteiger partial charge in [-0.1, -0.05) is 6.92 Å². The topological polar surface area (TPSA) is 37.8 Å². The molecule has 0 bridgehead atoms. The second kappa shape index (κ2) is 7.12. The molecule has 0 aliphatic rings. The van der Waals surface area contributed by atoms with Crippen LogP contribution in [0.5, 0.6) is 0 Å². The largest absolute Gasteiger partial charge is 0.369 e. The Morgan fingerprint density at radius 3 is 2.69 bits per heavy atom. The van der Waals surface area contributed by atoms with Crippen molar-refractivity contribution in [3.8, 4) is 0 Å². The van der Waals surface area contributed by atoms with Gasteiger partial charge in [0.15, 0.2) is 0 Å². The zero-order valence-corrected chi connectivity index (χ0v) is 12.4. The molecule has 1 N–H and O–H groups in total. The molecule has 0 fully saturated rings. The Kier molecular flexibility index (Phi) is 6.13. The van der Waals surface area contributed by atoms with Gasteiger partial charge in [-0.05, 0) is 42.0 Å². The minimum absolute atomic E-state index is 0.872. The minimum Gasteiger partial charge on any atom is -0.369 e. The molecule has 1 aromatic rings. The van der Waals surface area contributed by atoms with Gasteiger partial charge in [-0.15, -0.1) is 0 Å². The summed E-state index contributed by atoms with van der Waals surface area (Å²) in [5, 5.41) is 3.24. The molecule has 0 saturated carbocycles. The number of hydrogen-bond donors (Lipinski definition) is 1. The molecule has 0 aliphatic heterocycles. The molecule has 1 heterocycles. The SMILES string of the molecule is CCCSCc1nc(C)c(Br)c(NCC)n1. The monoisotopic (exact) mass is 303 g/mol. The molecule has 90 valence electrons. The van der Waals surface area contributed by atoms with Gasteiger partial charge in [0.05, 0.1) is 15.9 Å². The summed E-state index contributed by atoms with van der Waals surface area (Å²) in [6, 6.07) is 0. The molecule has 0 amide bonds. The number of hydrogen-bond acceptors (Lipinski definition) is 4. The van der Waals surface area contributed by atoms with Gasteiger partial charge in [0.25, 0.3) is 0 Å². The summed E-state index contributed by atoms with van der Waals surface area (Å²) in [6.45, 7) is 7.12. The third kappa shape index (κ3) is 3.94. The number of aryl methyl sites for hydroxylation is 1. The standard InChI is InChI=1S/C11H18BrN3S/c1-4-6-16-7-9-14-8(3)10(12)11(15-9)13-5-2/h4-7H2,1-3H3,(H,13,14,15). The molecule has 0 saturated heterocycles. The lowest BCUT2D eigenvalue weighted by Gasteiger charge is -2.09. The first-order chi connectivity index (χ1) is 7.69. The lowest BCUT2D eigenvalue weighted by atomic mass is 10.4. The predicted molar refractivity (Wildman–Crippen MR) is 75.1 cm³/mol. The van der Waals surface area contributed by atoms with Crippen LogP contribution in [0.1, 0.15) is 31.8 Å². The molecule has 1 rings (SSSR count). The Bertz CT molecular complexity index is 344. The second-order valence-electron chi connectivity index (χ2n) is 3.47. The summed E-state index contributed by atoms with van der Waals surface area (Å²) >= 11 is 5.38. The molecule has 0 unspecified atom stereocenters. The quantitative estimate of drug-likeness (QED) is 0.815. The molecule has 5 heteroatoms. The van der Waals surface area contributed by atoms with Crippen molar-refractivity contribution in [1.29, 1.82) is 0 Å². The Hall–Kier alpha value is -0.290. The van der Waals surface area contributed by atoms with E-state index in [0.29, 0.717) is 0 Å². The van der Waals surface area contributed by atoms with E-state index >= 15 is 0 Å². The number of nitrogens with zero attached hydrogens (tertiary/aromatic N) is 2. The Labute approximate surface area is 110 Å². The lowest BCUT2D eigenvalue weighted by Crippen LogP contribution is -2.06. The predicted octanol–water partition coefficient (Wildman–Crippen LogP) is 3.62. The molecule has 0 aromatic carbocycles. The summed E-state index contributed by atoms with van der Waals surface area (Å²) in [7, 11) is 0. The fourth-order valence-corrected chi connectivity index (χ4v) is 2.34. The van der Waals surface area contributed by atoms with Crippen LogP contribution in [-0.4, -0.2) is 22.3 Å². The van der Waals surface area contributed by atoms with Crippen molar-refractivity contribution in [3.05, 3.63) is 16.0 Å². The average molecular weight is 304 g/mol. The van der Waals surface area contributed by atoms with Gasteiger partial charge in [0.2, 0.25) is 0 Å². The molecular weight excluding hydrogens is 286 g/mol. The Balaban J connectivity index is 2.77. The molecule has 3 nitrogen and oxygen atoms in total. The fraction of sp³-hybridized carbons (Fsp3) is 0.636. The summed E-state index contributed by atoms with van der Waals surface area (Å²) < 4.78 is 0.971. The normalized spacial score (nSPS) is 10.5. The van der Waals surface area contributed by atoms with Crippen molar-refractivity contribution in [2.45, 2.75) is 32.9 Å². The molecule has 0 atom stereocenters. The van der Waals surface area contributed by atoms with E-state index in [9.17, 15) is 0 Å². The van der Waals surface area contributed by atoms with Gasteiger partial charge < -0.3 is 5.32 Å². The zero-order valence-electron chi connectivity index (χ0n) is 10.0. The van der Waals surface area contributed by atoms with Crippen molar-refractivity contribution in [2.24, 2.45) is 0 Å². The molecular formula is C11H18BrN3S. The highest BCUT2D eigenvalue weighted by molar-refractivity contribution is 9.10. The van der Waals surface area contributed by atoms with Crippen LogP contribution in [0, 0.1) is 6.92 Å². The van der Waals surface area contributed by atoms with E-state index < -0.39 is 0 Å². The molecule has 1 aromatic heterocycles. The highest BCUT2D eigenvalue weighted by Crippen LogP contribution is 2.24. The van der Waals surface area contributed by atoms with Crippen LogP contribution >= 0.6 is 27.7 Å². The van der Waals surface area contributed by atoms with Crippen molar-refractivity contribution in [3.63, 3.8) is 0 Å². The van der Waals surface area contributed by atoms with Crippen LogP contribution in [-0.2, 0) is 5.75 Å². The highest BCUT2D eigenvalue weighted by Gasteiger charge is 2.08. The van der Waals surface area contributed by atoms with Crippen molar-refractivity contribution >= 4 is 33.5 Å². The van der Waals surface area contributed by atoms with Crippen LogP contribution < -0.4 is 5.32 Å². The van der Waals surface area contributed by atoms with E-state index in [0.717, 1.165) is 39.9 Å². The van der Waals surface area contributed by atoms with Gasteiger partial charge in [-0.3, -0.25) is 0 Å². The Morgan fingerprint density at radius 2 is 2.06 bits per heavy atom. The first kappa shape index (κ1) is 13.8. The number of rotatable bonds is 6. The average Bonchev–Trinajstić information content (AvgIpc) is 2.26. The van der Waals surface area contributed by atoms with Crippen molar-refractivity contribution in [2.75, 3.05) is 17.6 Å². The van der Waals surface area contributed by atoms with Crippen LogP contribution in [0.4, 0.5) is 5.82 Å². The van der Waals surface area contributed by atoms with E-state index in [-0.39, 0.29) is 0 Å². The van der Waals surface area contributed by atoms with Gasteiger partial charge in [-0.25, -0.2) is 9.97 Å². The van der Waals surface area contributed by atoms with E-state index in [4.69, 9.17) is 0 Å². The smallest absolute Gasteiger partial charge is 0.144 e. The first-order valence-electron chi connectivity index (χ1n) is 5.53. The van der Waals surface area contributed by atoms with Crippen LogP contribution in [0.25, 0.3) is 0 Å². The van der Waals surface area contributed by atoms with E-state index in [2.05, 4.69) is 45.1 Å². The maximum absolute atomic E-state index is 4.50. The van der Waals surface area contributed by atoms with Crippen LogP contribution in [0.3, 0.4) is 0 Å². The number of aromatic nitrogens is 2. The lowest BCUT2D eigenvalue weighted by molar-refractivity contribution is 0.973. The van der Waals surface area contributed by atoms with E-state index in [1.165, 1.54) is 6.42 Å². The summed E-state index contributed by atoms with van der Waals surface area (Å²) in [5.41, 5.74) is 0.998. The van der Waals surface area contributed by atoms with Gasteiger partial charge in [-0.2, -0.15) is 11.8 Å². The highest BCUT2D eigenvalue weighted by atomic mass is 79.9. The molecule has 0 spiro atoms. The minimum atomic E-state index is 0.872. The Morgan fingerprint density at radius 1 is 1.31 bits per heavy atom. The third-order valence-corrected chi connectivity index (χ3v) is 4.10. The van der Waals surface area contributed by atoms with Gasteiger partial charge in [0.1, 0.15) is 11.6 Å². The second-order valence-corrected chi connectivity index (χ2v) is 5.37. The van der Waals surface area contributed by atoms with E-state index in [1.54, 1.807) is 0 Å². The maximum atomic E-state index is 4.50. The van der Waals surface area contributed by atoms with E-state index in [1.807, 2.05) is 18.7 Å². The van der Waals surface area contributed by atoms with Crippen molar-refractivity contribution in [1.82, 2.24) is 9.97 Å². The number of thioether (sulfide) groups is 1. The maximum Gasteiger partial charge on any atom is 0.144 e. The zero-order chi connectivity index (χ0) is 12.0. The third-order valence-electron chi connectivity index (χ3n) is 1.99. The molecule has 16 heavy (non-hydrogen) atoms. The van der Waals surface area contributed by atoms with Gasteiger partial charge >= 0.3 is 0 Å². The molecule has 0 aliphatic carbocycles. The van der Waals surface area contributed by atoms with Crippen molar-refractivity contribution < 1.29 is 0 Å². The van der Waals surface area contributed by atoms with Gasteiger partial charge in [0, 0.05) is 6.54 Å². The number of anilines is 1. The summed E-state index contributed by atoms with van der Waals surface area (Å²) in [6.07, 6.45) is 1.19. The summed E-state index contributed by atoms with van der Waals surface area (Å²) in [4.78, 5) is 8.97.